The lowest BCUT2D eigenvalue weighted by Crippen LogP contribution is -2.46. The third-order valence-electron chi connectivity index (χ3n) is 8.23. The molecule has 1 amide bonds. The standard InChI is InChI=1S/C27H40N2O6/c1-17-21(14-19-9-5-6-10-19)20(13-18-7-3-4-8-18)15-34-16-22(27(32)35-17)29-26(31)24-25(30)23(33-2)11-12-28-24/h11-12,17-22,30H,3-10,13-16H2,1-2H3,(H,29,31)/t17-,20-,21-,22-/m0/s1. The number of esters is 1. The summed E-state index contributed by atoms with van der Waals surface area (Å²) in [6.45, 7) is 2.59. The Balaban J connectivity index is 1.48. The van der Waals surface area contributed by atoms with Crippen molar-refractivity contribution in [1.29, 1.82) is 0 Å². The maximum Gasteiger partial charge on any atom is 0.331 e. The second-order valence-electron chi connectivity index (χ2n) is 10.6. The Kier molecular flexibility index (Phi) is 8.87. The number of amides is 1. The normalized spacial score (nSPS) is 28.7. The fourth-order valence-electron chi connectivity index (χ4n) is 6.29. The van der Waals surface area contributed by atoms with E-state index in [0.717, 1.165) is 18.8 Å². The third-order valence-corrected chi connectivity index (χ3v) is 8.23. The molecule has 35 heavy (non-hydrogen) atoms. The van der Waals surface area contributed by atoms with E-state index in [2.05, 4.69) is 10.3 Å². The molecule has 194 valence electrons. The van der Waals surface area contributed by atoms with Gasteiger partial charge < -0.3 is 24.6 Å². The molecule has 2 aliphatic carbocycles. The minimum atomic E-state index is -0.977. The smallest absolute Gasteiger partial charge is 0.331 e. The summed E-state index contributed by atoms with van der Waals surface area (Å²) in [6.07, 6.45) is 13.5. The average molecular weight is 489 g/mol. The molecular weight excluding hydrogens is 448 g/mol. The number of pyridine rings is 1. The van der Waals surface area contributed by atoms with Crippen LogP contribution in [0.3, 0.4) is 0 Å². The summed E-state index contributed by atoms with van der Waals surface area (Å²) >= 11 is 0. The molecule has 1 aliphatic heterocycles. The van der Waals surface area contributed by atoms with Crippen LogP contribution in [0.2, 0.25) is 0 Å². The number of nitrogens with zero attached hydrogens (tertiary/aromatic N) is 1. The molecule has 4 atom stereocenters. The van der Waals surface area contributed by atoms with E-state index in [9.17, 15) is 14.7 Å². The molecular formula is C27H40N2O6. The van der Waals surface area contributed by atoms with Gasteiger partial charge in [-0.05, 0) is 37.5 Å². The lowest BCUT2D eigenvalue weighted by molar-refractivity contribution is -0.154. The Labute approximate surface area is 208 Å². The maximum absolute atomic E-state index is 13.1. The van der Waals surface area contributed by atoms with Crippen LogP contribution in [0.5, 0.6) is 11.5 Å². The highest BCUT2D eigenvalue weighted by atomic mass is 16.6. The number of aromatic nitrogens is 1. The van der Waals surface area contributed by atoms with Crippen molar-refractivity contribution < 1.29 is 28.9 Å². The third kappa shape index (κ3) is 6.46. The van der Waals surface area contributed by atoms with Crippen molar-refractivity contribution in [2.75, 3.05) is 20.3 Å². The average Bonchev–Trinajstić information content (AvgIpc) is 3.55. The summed E-state index contributed by atoms with van der Waals surface area (Å²) < 4.78 is 17.1. The van der Waals surface area contributed by atoms with Gasteiger partial charge in [-0.2, -0.15) is 0 Å². The van der Waals surface area contributed by atoms with Crippen molar-refractivity contribution in [2.45, 2.75) is 83.3 Å². The zero-order chi connectivity index (χ0) is 24.8. The number of cyclic esters (lactones) is 1. The van der Waals surface area contributed by atoms with E-state index in [-0.39, 0.29) is 35.8 Å². The number of rotatable bonds is 7. The molecule has 2 saturated carbocycles. The number of carbonyl (C=O) groups is 2. The number of hydrogen-bond donors (Lipinski definition) is 2. The Morgan fingerprint density at radius 2 is 1.77 bits per heavy atom. The van der Waals surface area contributed by atoms with Gasteiger partial charge in [0, 0.05) is 24.8 Å². The summed E-state index contributed by atoms with van der Waals surface area (Å²) in [5, 5.41) is 12.9. The van der Waals surface area contributed by atoms with E-state index in [4.69, 9.17) is 14.2 Å². The van der Waals surface area contributed by atoms with E-state index in [0.29, 0.717) is 18.4 Å². The fraction of sp³-hybridized carbons (Fsp3) is 0.741. The van der Waals surface area contributed by atoms with Crippen molar-refractivity contribution in [3.8, 4) is 11.5 Å². The van der Waals surface area contributed by atoms with Crippen LogP contribution in [0, 0.1) is 23.7 Å². The molecule has 4 rings (SSSR count). The molecule has 0 radical (unpaired) electrons. The summed E-state index contributed by atoms with van der Waals surface area (Å²) in [6, 6.07) is 0.481. The van der Waals surface area contributed by atoms with Gasteiger partial charge in [-0.15, -0.1) is 0 Å². The monoisotopic (exact) mass is 488 g/mol. The number of ether oxygens (including phenoxy) is 3. The van der Waals surface area contributed by atoms with Crippen molar-refractivity contribution in [1.82, 2.24) is 10.3 Å². The minimum Gasteiger partial charge on any atom is -0.503 e. The Hall–Kier alpha value is -2.35. The van der Waals surface area contributed by atoms with Gasteiger partial charge >= 0.3 is 5.97 Å². The minimum absolute atomic E-state index is 0.0271. The highest BCUT2D eigenvalue weighted by molar-refractivity contribution is 5.98. The van der Waals surface area contributed by atoms with Crippen molar-refractivity contribution >= 4 is 11.9 Å². The van der Waals surface area contributed by atoms with Gasteiger partial charge in [-0.3, -0.25) is 4.79 Å². The van der Waals surface area contributed by atoms with Crippen molar-refractivity contribution in [3.63, 3.8) is 0 Å². The van der Waals surface area contributed by atoms with Crippen LogP contribution in [0.1, 0.15) is 81.6 Å². The summed E-state index contributed by atoms with van der Waals surface area (Å²) in [4.78, 5) is 29.9. The van der Waals surface area contributed by atoms with Crippen LogP contribution in [0.25, 0.3) is 0 Å². The van der Waals surface area contributed by atoms with Crippen LogP contribution in [-0.2, 0) is 14.3 Å². The largest absolute Gasteiger partial charge is 0.503 e. The van der Waals surface area contributed by atoms with Gasteiger partial charge in [0.2, 0.25) is 0 Å². The highest BCUT2D eigenvalue weighted by Crippen LogP contribution is 2.40. The first-order valence-electron chi connectivity index (χ1n) is 13.3. The molecule has 2 heterocycles. The number of aromatic hydroxyl groups is 1. The number of nitrogens with one attached hydrogen (secondary N) is 1. The molecule has 2 N–H and O–H groups in total. The first-order chi connectivity index (χ1) is 17.0. The summed E-state index contributed by atoms with van der Waals surface area (Å²) in [5.41, 5.74) is -0.205. The molecule has 8 heteroatoms. The Morgan fingerprint density at radius 1 is 1.11 bits per heavy atom. The zero-order valence-corrected chi connectivity index (χ0v) is 21.0. The molecule has 0 unspecified atom stereocenters. The SMILES string of the molecule is COc1ccnc(C(=O)N[C@H]2COC[C@H](CC3CCCC3)[C@@H](CC3CCCC3)[C@H](C)OC2=O)c1O. The second kappa shape index (κ2) is 12.1. The van der Waals surface area contributed by atoms with Crippen LogP contribution in [0.15, 0.2) is 12.3 Å². The lowest BCUT2D eigenvalue weighted by Gasteiger charge is -2.34. The van der Waals surface area contributed by atoms with E-state index >= 15 is 0 Å². The number of methoxy groups -OCH3 is 1. The van der Waals surface area contributed by atoms with Gasteiger partial charge in [0.25, 0.3) is 5.91 Å². The van der Waals surface area contributed by atoms with Crippen LogP contribution in [0.4, 0.5) is 0 Å². The molecule has 3 fully saturated rings. The van der Waals surface area contributed by atoms with Gasteiger partial charge in [0.15, 0.2) is 23.2 Å². The first kappa shape index (κ1) is 25.7. The van der Waals surface area contributed by atoms with Gasteiger partial charge in [0.05, 0.1) is 13.7 Å². The zero-order valence-electron chi connectivity index (χ0n) is 21.0. The summed E-state index contributed by atoms with van der Waals surface area (Å²) in [5.74, 6) is 0.570. The van der Waals surface area contributed by atoms with Gasteiger partial charge in [0.1, 0.15) is 6.10 Å². The quantitative estimate of drug-likeness (QED) is 0.553. The molecule has 1 aromatic rings. The molecule has 1 saturated heterocycles. The lowest BCUT2D eigenvalue weighted by atomic mass is 9.76. The second-order valence-corrected chi connectivity index (χ2v) is 10.6. The molecule has 0 bridgehead atoms. The molecule has 1 aromatic heterocycles. The molecule has 8 nitrogen and oxygen atoms in total. The van der Waals surface area contributed by atoms with Crippen molar-refractivity contribution in [2.24, 2.45) is 23.7 Å². The topological polar surface area (TPSA) is 107 Å². The predicted octanol–water partition coefficient (Wildman–Crippen LogP) is 4.25. The van der Waals surface area contributed by atoms with Crippen LogP contribution >= 0.6 is 0 Å². The Bertz CT molecular complexity index is 865. The predicted molar refractivity (Wildman–Crippen MR) is 130 cm³/mol. The van der Waals surface area contributed by atoms with Gasteiger partial charge in [-0.1, -0.05) is 51.4 Å². The van der Waals surface area contributed by atoms with Crippen LogP contribution < -0.4 is 10.1 Å². The first-order valence-corrected chi connectivity index (χ1v) is 13.3. The van der Waals surface area contributed by atoms with Gasteiger partial charge in [-0.25, -0.2) is 9.78 Å². The van der Waals surface area contributed by atoms with Crippen molar-refractivity contribution in [3.05, 3.63) is 18.0 Å². The molecule has 0 spiro atoms. The molecule has 3 aliphatic rings. The summed E-state index contributed by atoms with van der Waals surface area (Å²) in [7, 11) is 1.39. The van der Waals surface area contributed by atoms with E-state index in [1.54, 1.807) is 0 Å². The van der Waals surface area contributed by atoms with E-state index < -0.39 is 17.9 Å². The fourth-order valence-corrected chi connectivity index (χ4v) is 6.29. The van der Waals surface area contributed by atoms with E-state index in [1.807, 2.05) is 6.92 Å². The number of carbonyl (C=O) groups excluding carboxylic acids is 2. The number of hydrogen-bond acceptors (Lipinski definition) is 7. The van der Waals surface area contributed by atoms with Crippen LogP contribution in [-0.4, -0.2) is 54.4 Å². The highest BCUT2D eigenvalue weighted by Gasteiger charge is 2.38. The molecule has 0 aromatic carbocycles. The Morgan fingerprint density at radius 3 is 2.43 bits per heavy atom. The maximum atomic E-state index is 13.1. The van der Waals surface area contributed by atoms with E-state index in [1.165, 1.54) is 70.7 Å².